The fourth-order valence-electron chi connectivity index (χ4n) is 1.53. The van der Waals surface area contributed by atoms with Crippen LogP contribution in [0.1, 0.15) is 12.5 Å². The van der Waals surface area contributed by atoms with Gasteiger partial charge in [-0.1, -0.05) is 30.3 Å². The fraction of sp³-hybridized carbons (Fsp3) is 0.308. The zero-order chi connectivity index (χ0) is 13.0. The van der Waals surface area contributed by atoms with E-state index in [1.807, 2.05) is 6.92 Å². The van der Waals surface area contributed by atoms with Crippen molar-refractivity contribution < 1.29 is 13.5 Å². The van der Waals surface area contributed by atoms with Crippen LogP contribution >= 0.6 is 0 Å². The summed E-state index contributed by atoms with van der Waals surface area (Å²) in [6.07, 6.45) is 3.03. The Morgan fingerprint density at radius 2 is 2.00 bits per heavy atom. The summed E-state index contributed by atoms with van der Waals surface area (Å²) < 4.78 is 34.3. The van der Waals surface area contributed by atoms with Crippen molar-refractivity contribution in [1.29, 1.82) is 0 Å². The molecule has 2 aromatic rings. The minimum Gasteiger partial charge on any atom is -0.484 e. The summed E-state index contributed by atoms with van der Waals surface area (Å²) in [5.74, 6) is -2.65. The molecule has 0 fully saturated rings. The van der Waals surface area contributed by atoms with E-state index >= 15 is 0 Å². The largest absolute Gasteiger partial charge is 0.484 e. The molecule has 0 aliphatic carbocycles. The molecule has 0 saturated heterocycles. The molecule has 0 N–H and O–H groups in total. The Kier molecular flexibility index (Phi) is 3.60. The number of nitrogens with zero attached hydrogens (tertiary/aromatic N) is 2. The van der Waals surface area contributed by atoms with Crippen LogP contribution < -0.4 is 4.74 Å². The van der Waals surface area contributed by atoms with E-state index in [2.05, 4.69) is 5.10 Å². The first-order valence-electron chi connectivity index (χ1n) is 5.70. The van der Waals surface area contributed by atoms with E-state index in [0.717, 1.165) is 0 Å². The summed E-state index contributed by atoms with van der Waals surface area (Å²) in [6.45, 7) is 1.90. The molecule has 1 heterocycles. The molecule has 0 amide bonds. The molecule has 5 heteroatoms. The number of ether oxygens (including phenoxy) is 1. The zero-order valence-electron chi connectivity index (χ0n) is 10.0. The maximum atomic E-state index is 13.8. The summed E-state index contributed by atoms with van der Waals surface area (Å²) in [6, 6.07) is 7.64. The van der Waals surface area contributed by atoms with Gasteiger partial charge in [0.2, 0.25) is 0 Å². The maximum Gasteiger partial charge on any atom is 0.306 e. The van der Waals surface area contributed by atoms with E-state index < -0.39 is 12.5 Å². The van der Waals surface area contributed by atoms with Gasteiger partial charge in [0, 0.05) is 12.1 Å². The first-order valence-corrected chi connectivity index (χ1v) is 5.70. The molecule has 0 unspecified atom stereocenters. The monoisotopic (exact) mass is 252 g/mol. The highest BCUT2D eigenvalue weighted by molar-refractivity contribution is 5.20. The number of benzene rings is 1. The molecule has 0 radical (unpaired) electrons. The zero-order valence-corrected chi connectivity index (χ0v) is 10.0. The highest BCUT2D eigenvalue weighted by Gasteiger charge is 2.32. The predicted octanol–water partition coefficient (Wildman–Crippen LogP) is 3.07. The lowest BCUT2D eigenvalue weighted by Crippen LogP contribution is -2.22. The van der Waals surface area contributed by atoms with Crippen molar-refractivity contribution in [3.63, 3.8) is 0 Å². The van der Waals surface area contributed by atoms with Crippen LogP contribution in [0.3, 0.4) is 0 Å². The van der Waals surface area contributed by atoms with Crippen molar-refractivity contribution in [2.75, 3.05) is 6.61 Å². The van der Waals surface area contributed by atoms with Crippen LogP contribution in [0.25, 0.3) is 0 Å². The molecule has 0 aliphatic heterocycles. The number of hydrogen-bond donors (Lipinski definition) is 0. The molecular weight excluding hydrogens is 238 g/mol. The Balaban J connectivity index is 2.00. The second-order valence-electron chi connectivity index (χ2n) is 3.89. The van der Waals surface area contributed by atoms with Crippen molar-refractivity contribution in [1.82, 2.24) is 9.78 Å². The number of aromatic nitrogens is 2. The van der Waals surface area contributed by atoms with Crippen LogP contribution in [0.5, 0.6) is 5.75 Å². The summed E-state index contributed by atoms with van der Waals surface area (Å²) in [5.41, 5.74) is -0.0483. The maximum absolute atomic E-state index is 13.8. The first kappa shape index (κ1) is 12.5. The molecule has 0 bridgehead atoms. The van der Waals surface area contributed by atoms with Gasteiger partial charge < -0.3 is 4.74 Å². The van der Waals surface area contributed by atoms with Gasteiger partial charge in [-0.2, -0.15) is 13.9 Å². The van der Waals surface area contributed by atoms with Crippen LogP contribution in [-0.4, -0.2) is 16.4 Å². The van der Waals surface area contributed by atoms with Gasteiger partial charge >= 0.3 is 5.92 Å². The van der Waals surface area contributed by atoms with Crippen LogP contribution in [-0.2, 0) is 12.5 Å². The quantitative estimate of drug-likeness (QED) is 0.817. The van der Waals surface area contributed by atoms with E-state index in [0.29, 0.717) is 12.3 Å². The van der Waals surface area contributed by atoms with Crippen molar-refractivity contribution in [3.8, 4) is 5.75 Å². The highest BCUT2D eigenvalue weighted by Crippen LogP contribution is 2.28. The standard InChI is InChI=1S/C13H14F2N2O/c1-2-17-9-12(8-16-17)18-10-13(14,15)11-6-4-3-5-7-11/h3-9H,2,10H2,1H3. The summed E-state index contributed by atoms with van der Waals surface area (Å²) in [7, 11) is 0. The molecule has 96 valence electrons. The summed E-state index contributed by atoms with van der Waals surface area (Å²) in [4.78, 5) is 0. The Labute approximate surface area is 104 Å². The lowest BCUT2D eigenvalue weighted by atomic mass is 10.1. The molecule has 0 atom stereocenters. The molecule has 1 aromatic heterocycles. The molecule has 1 aromatic carbocycles. The van der Waals surface area contributed by atoms with Gasteiger partial charge in [0.25, 0.3) is 0 Å². The van der Waals surface area contributed by atoms with Crippen molar-refractivity contribution in [2.24, 2.45) is 0 Å². The lowest BCUT2D eigenvalue weighted by molar-refractivity contribution is -0.0467. The molecule has 0 spiro atoms. The normalized spacial score (nSPS) is 11.5. The van der Waals surface area contributed by atoms with Crippen LogP contribution in [0, 0.1) is 0 Å². The van der Waals surface area contributed by atoms with Gasteiger partial charge in [0.15, 0.2) is 12.4 Å². The van der Waals surface area contributed by atoms with E-state index in [1.54, 1.807) is 29.1 Å². The molecule has 2 rings (SSSR count). The summed E-state index contributed by atoms with van der Waals surface area (Å²) in [5, 5.41) is 3.95. The van der Waals surface area contributed by atoms with Crippen molar-refractivity contribution in [3.05, 3.63) is 48.3 Å². The van der Waals surface area contributed by atoms with Gasteiger partial charge in [-0.05, 0) is 6.92 Å². The number of hydrogen-bond acceptors (Lipinski definition) is 2. The number of aryl methyl sites for hydroxylation is 1. The van der Waals surface area contributed by atoms with Crippen LogP contribution in [0.2, 0.25) is 0 Å². The number of alkyl halides is 2. The van der Waals surface area contributed by atoms with Gasteiger partial charge in [-0.15, -0.1) is 0 Å². The molecule has 0 aliphatic rings. The Bertz CT molecular complexity index is 497. The van der Waals surface area contributed by atoms with E-state index in [4.69, 9.17) is 4.74 Å². The van der Waals surface area contributed by atoms with Gasteiger partial charge in [0.1, 0.15) is 0 Å². The van der Waals surface area contributed by atoms with Crippen LogP contribution in [0.15, 0.2) is 42.7 Å². The SMILES string of the molecule is CCn1cc(OCC(F)(F)c2ccccc2)cn1. The average Bonchev–Trinajstić information content (AvgIpc) is 2.86. The Hall–Kier alpha value is -1.91. The lowest BCUT2D eigenvalue weighted by Gasteiger charge is -2.16. The first-order chi connectivity index (χ1) is 8.62. The van der Waals surface area contributed by atoms with E-state index in [9.17, 15) is 8.78 Å². The topological polar surface area (TPSA) is 27.1 Å². The van der Waals surface area contributed by atoms with E-state index in [-0.39, 0.29) is 5.56 Å². The average molecular weight is 252 g/mol. The minimum absolute atomic E-state index is 0.0483. The van der Waals surface area contributed by atoms with E-state index in [1.165, 1.54) is 18.3 Å². The minimum atomic E-state index is -3.00. The van der Waals surface area contributed by atoms with Gasteiger partial charge in [-0.25, -0.2) is 0 Å². The second kappa shape index (κ2) is 5.16. The predicted molar refractivity (Wildman–Crippen MR) is 63.7 cm³/mol. The second-order valence-corrected chi connectivity index (χ2v) is 3.89. The molecule has 0 saturated carbocycles. The van der Waals surface area contributed by atoms with Gasteiger partial charge in [0.05, 0.1) is 12.4 Å². The fourth-order valence-corrected chi connectivity index (χ4v) is 1.53. The number of halogens is 2. The Morgan fingerprint density at radius 3 is 2.61 bits per heavy atom. The summed E-state index contributed by atoms with van der Waals surface area (Å²) >= 11 is 0. The number of rotatable bonds is 5. The van der Waals surface area contributed by atoms with Crippen LogP contribution in [0.4, 0.5) is 8.78 Å². The molecular formula is C13H14F2N2O. The third kappa shape index (κ3) is 2.85. The molecule has 18 heavy (non-hydrogen) atoms. The molecule has 3 nitrogen and oxygen atoms in total. The van der Waals surface area contributed by atoms with Crippen molar-refractivity contribution in [2.45, 2.75) is 19.4 Å². The third-order valence-electron chi connectivity index (χ3n) is 2.55. The Morgan fingerprint density at radius 1 is 1.28 bits per heavy atom. The highest BCUT2D eigenvalue weighted by atomic mass is 19.3. The smallest absolute Gasteiger partial charge is 0.306 e. The van der Waals surface area contributed by atoms with Crippen molar-refractivity contribution >= 4 is 0 Å². The van der Waals surface area contributed by atoms with Gasteiger partial charge in [-0.3, -0.25) is 4.68 Å². The third-order valence-corrected chi connectivity index (χ3v) is 2.55.